The quantitative estimate of drug-likeness (QED) is 0.374. The Morgan fingerprint density at radius 3 is 2.64 bits per heavy atom. The molecule has 1 aliphatic heterocycles. The van der Waals surface area contributed by atoms with Crippen molar-refractivity contribution in [2.75, 3.05) is 64.6 Å². The number of ether oxygens (including phenoxy) is 2. The topological polar surface area (TPSA) is 76.8 Å². The number of nitrogens with zero attached hydrogens (tertiary/aromatic N) is 1. The van der Waals surface area contributed by atoms with Crippen molar-refractivity contribution in [3.8, 4) is 0 Å². The van der Waals surface area contributed by atoms with E-state index in [1.165, 1.54) is 25.9 Å². The van der Waals surface area contributed by atoms with Gasteiger partial charge in [0.15, 0.2) is 0 Å². The lowest BCUT2D eigenvalue weighted by Gasteiger charge is -2.14. The van der Waals surface area contributed by atoms with Gasteiger partial charge in [-0.3, -0.25) is 4.79 Å². The van der Waals surface area contributed by atoms with Gasteiger partial charge in [0.05, 0.1) is 32.5 Å². The molecule has 1 amide bonds. The fraction of sp³-hybridized carbons (Fsp3) is 0.929. The van der Waals surface area contributed by atoms with Crippen LogP contribution in [0.15, 0.2) is 0 Å². The molecular formula is C14H31N3O3S2. The summed E-state index contributed by atoms with van der Waals surface area (Å²) in [6.45, 7) is 6.34. The third kappa shape index (κ3) is 9.91. The SMILES string of the molecule is CSSCC(N)C(=O)NCCOCCOCCN1CCCC1.[3HH]. The predicted octanol–water partition coefficient (Wildman–Crippen LogP) is 0.816. The average Bonchev–Trinajstić information content (AvgIpc) is 3.04. The van der Waals surface area contributed by atoms with Crippen LogP contribution in [0.25, 0.3) is 0 Å². The van der Waals surface area contributed by atoms with Crippen LogP contribution in [0.2, 0.25) is 0 Å². The van der Waals surface area contributed by atoms with Crippen LogP contribution < -0.4 is 11.1 Å². The first-order valence-corrected chi connectivity index (χ1v) is 10.5. The van der Waals surface area contributed by atoms with Crippen LogP contribution >= 0.6 is 21.6 Å². The molecular weight excluding hydrogens is 322 g/mol. The molecule has 132 valence electrons. The van der Waals surface area contributed by atoms with Gasteiger partial charge < -0.3 is 25.4 Å². The van der Waals surface area contributed by atoms with E-state index in [-0.39, 0.29) is 7.33 Å². The zero-order valence-electron chi connectivity index (χ0n) is 13.4. The molecule has 1 unspecified atom stereocenters. The third-order valence-corrected chi connectivity index (χ3v) is 5.22. The molecule has 0 spiro atoms. The summed E-state index contributed by atoms with van der Waals surface area (Å²) in [4.78, 5) is 14.0. The fourth-order valence-corrected chi connectivity index (χ4v) is 3.40. The number of hydrogen-bond acceptors (Lipinski definition) is 7. The van der Waals surface area contributed by atoms with Gasteiger partial charge in [-0.1, -0.05) is 21.6 Å². The van der Waals surface area contributed by atoms with Gasteiger partial charge in [-0.2, -0.15) is 0 Å². The molecule has 8 heteroatoms. The van der Waals surface area contributed by atoms with Crippen molar-refractivity contribution in [1.82, 2.24) is 10.2 Å². The van der Waals surface area contributed by atoms with Gasteiger partial charge in [-0.25, -0.2) is 0 Å². The Morgan fingerprint density at radius 1 is 1.27 bits per heavy atom. The summed E-state index contributed by atoms with van der Waals surface area (Å²) in [5, 5.41) is 2.77. The summed E-state index contributed by atoms with van der Waals surface area (Å²) in [6.07, 6.45) is 4.60. The second-order valence-electron chi connectivity index (χ2n) is 5.12. The molecule has 1 saturated heterocycles. The minimum atomic E-state index is -0.452. The van der Waals surface area contributed by atoms with Gasteiger partial charge in [0, 0.05) is 20.3 Å². The van der Waals surface area contributed by atoms with E-state index in [1.54, 1.807) is 21.6 Å². The molecule has 22 heavy (non-hydrogen) atoms. The maximum absolute atomic E-state index is 11.6. The molecule has 0 saturated carbocycles. The highest BCUT2D eigenvalue weighted by Crippen LogP contribution is 2.16. The van der Waals surface area contributed by atoms with Crippen molar-refractivity contribution in [2.45, 2.75) is 18.9 Å². The van der Waals surface area contributed by atoms with Gasteiger partial charge in [-0.15, -0.1) is 0 Å². The summed E-state index contributed by atoms with van der Waals surface area (Å²) in [6, 6.07) is -0.452. The van der Waals surface area contributed by atoms with Crippen molar-refractivity contribution in [1.29, 1.82) is 0 Å². The number of nitrogens with two attached hydrogens (primary N) is 1. The fourth-order valence-electron chi connectivity index (χ4n) is 2.12. The van der Waals surface area contributed by atoms with Crippen LogP contribution in [0.4, 0.5) is 0 Å². The second-order valence-corrected chi connectivity index (χ2v) is 7.73. The Labute approximate surface area is 143 Å². The van der Waals surface area contributed by atoms with Crippen LogP contribution in [-0.2, 0) is 14.3 Å². The minimum Gasteiger partial charge on any atom is -0.378 e. The van der Waals surface area contributed by atoms with Gasteiger partial charge in [0.2, 0.25) is 5.91 Å². The Balaban J connectivity index is 0.00000484. The summed E-state index contributed by atoms with van der Waals surface area (Å²) in [7, 11) is 3.20. The van der Waals surface area contributed by atoms with E-state index in [9.17, 15) is 4.79 Å². The van der Waals surface area contributed by atoms with E-state index in [1.807, 2.05) is 6.26 Å². The third-order valence-electron chi connectivity index (χ3n) is 3.37. The van der Waals surface area contributed by atoms with Crippen LogP contribution in [0.1, 0.15) is 14.3 Å². The number of hydrogen-bond donors (Lipinski definition) is 2. The first-order valence-electron chi connectivity index (χ1n) is 7.80. The number of rotatable bonds is 13. The van der Waals surface area contributed by atoms with Crippen molar-refractivity contribution >= 4 is 27.5 Å². The zero-order valence-corrected chi connectivity index (χ0v) is 15.1. The Bertz CT molecular complexity index is 298. The molecule has 0 aromatic rings. The maximum Gasteiger partial charge on any atom is 0.237 e. The van der Waals surface area contributed by atoms with Crippen molar-refractivity contribution in [3.63, 3.8) is 0 Å². The largest absolute Gasteiger partial charge is 0.378 e. The Hall–Kier alpha value is 0.01000. The Morgan fingerprint density at radius 2 is 1.95 bits per heavy atom. The van der Waals surface area contributed by atoms with Crippen molar-refractivity contribution in [3.05, 3.63) is 0 Å². The molecule has 0 aromatic heterocycles. The van der Waals surface area contributed by atoms with Crippen LogP contribution in [0, 0.1) is 0 Å². The number of carbonyl (C=O) groups is 1. The van der Waals surface area contributed by atoms with Crippen molar-refractivity contribution in [2.24, 2.45) is 5.73 Å². The summed E-state index contributed by atoms with van der Waals surface area (Å²) in [5.41, 5.74) is 5.74. The molecule has 1 atom stereocenters. The first kappa shape index (κ1) is 20.1. The molecule has 6 nitrogen and oxygen atoms in total. The van der Waals surface area contributed by atoms with Crippen LogP contribution in [0.5, 0.6) is 0 Å². The van der Waals surface area contributed by atoms with Gasteiger partial charge in [0.25, 0.3) is 0 Å². The highest BCUT2D eigenvalue weighted by molar-refractivity contribution is 8.76. The van der Waals surface area contributed by atoms with E-state index in [0.717, 1.165) is 13.2 Å². The zero-order chi connectivity index (χ0) is 16.0. The average molecular weight is 356 g/mol. The smallest absolute Gasteiger partial charge is 0.237 e. The molecule has 1 heterocycles. The van der Waals surface area contributed by atoms with Crippen LogP contribution in [-0.4, -0.2) is 81.5 Å². The van der Waals surface area contributed by atoms with Gasteiger partial charge in [-0.05, 0) is 32.2 Å². The van der Waals surface area contributed by atoms with E-state index in [0.29, 0.717) is 32.1 Å². The molecule has 3 N–H and O–H groups in total. The molecule has 1 aliphatic rings. The highest BCUT2D eigenvalue weighted by atomic mass is 33.1. The predicted molar refractivity (Wildman–Crippen MR) is 96.4 cm³/mol. The van der Waals surface area contributed by atoms with Crippen molar-refractivity contribution < 1.29 is 15.7 Å². The highest BCUT2D eigenvalue weighted by Gasteiger charge is 2.12. The molecule has 0 aromatic carbocycles. The Kier molecular flexibility index (Phi) is 12.3. The van der Waals surface area contributed by atoms with E-state index in [2.05, 4.69) is 10.2 Å². The first-order chi connectivity index (χ1) is 10.7. The number of amides is 1. The molecule has 0 radical (unpaired) electrons. The summed E-state index contributed by atoms with van der Waals surface area (Å²) >= 11 is 0. The van der Waals surface area contributed by atoms with Gasteiger partial charge >= 0.3 is 0 Å². The number of likely N-dealkylation sites (tertiary alicyclic amines) is 1. The van der Waals surface area contributed by atoms with E-state index >= 15 is 0 Å². The summed E-state index contributed by atoms with van der Waals surface area (Å²) in [5.74, 6) is 0.505. The standard InChI is InChI=1S/C14H29N3O3S2.H2/c1-21-22-12-13(15)14(18)16-4-8-19-10-11-20-9-7-17-5-2-3-6-17;/h13H,2-12,15H2,1H3,(H,16,18);1H/i;1+2. The number of carbonyl (C=O) groups excluding carboxylic acids is 1. The van der Waals surface area contributed by atoms with E-state index in [4.69, 9.17) is 15.2 Å². The second kappa shape index (κ2) is 13.4. The van der Waals surface area contributed by atoms with Crippen LogP contribution in [0.3, 0.4) is 0 Å². The minimum absolute atomic E-state index is 0. The molecule has 1 rings (SSSR count). The normalized spacial score (nSPS) is 16.8. The lowest BCUT2D eigenvalue weighted by atomic mass is 10.3. The lowest BCUT2D eigenvalue weighted by molar-refractivity contribution is -0.122. The lowest BCUT2D eigenvalue weighted by Crippen LogP contribution is -2.43. The summed E-state index contributed by atoms with van der Waals surface area (Å²) < 4.78 is 10.9. The monoisotopic (exact) mass is 355 g/mol. The molecule has 0 bridgehead atoms. The molecule has 0 aliphatic carbocycles. The molecule has 1 fully saturated rings. The van der Waals surface area contributed by atoms with Gasteiger partial charge in [0.1, 0.15) is 0 Å². The van der Waals surface area contributed by atoms with E-state index < -0.39 is 6.04 Å². The maximum atomic E-state index is 11.6. The number of nitrogens with one attached hydrogen (secondary N) is 1.